The highest BCUT2D eigenvalue weighted by molar-refractivity contribution is 8.08. The molecule has 0 aromatic rings. The van der Waals surface area contributed by atoms with Gasteiger partial charge in [0, 0.05) is 0 Å². The number of allylic oxidation sites excluding steroid dienone is 1. The van der Waals surface area contributed by atoms with Gasteiger partial charge in [-0.1, -0.05) is 0 Å². The summed E-state index contributed by atoms with van der Waals surface area (Å²) in [5.74, 6) is -1.25. The lowest BCUT2D eigenvalue weighted by Gasteiger charge is -2.10. The van der Waals surface area contributed by atoms with E-state index in [0.717, 1.165) is 0 Å². The molecule has 0 unspecified atom stereocenters. The maximum Gasteiger partial charge on any atom is 0.432 e. The van der Waals surface area contributed by atoms with Crippen molar-refractivity contribution in [1.82, 2.24) is 0 Å². The van der Waals surface area contributed by atoms with Crippen LogP contribution in [0.1, 0.15) is 6.92 Å². The van der Waals surface area contributed by atoms with Gasteiger partial charge in [0.1, 0.15) is 16.0 Å². The van der Waals surface area contributed by atoms with Gasteiger partial charge in [0.25, 0.3) is 0 Å². The van der Waals surface area contributed by atoms with E-state index in [1.54, 1.807) is 0 Å². The van der Waals surface area contributed by atoms with Crippen LogP contribution in [-0.2, 0) is 9.53 Å². The lowest BCUT2D eigenvalue weighted by molar-refractivity contribution is -0.138. The maximum absolute atomic E-state index is 12.1. The molecular weight excluding hydrogens is 233 g/mol. The van der Waals surface area contributed by atoms with Gasteiger partial charge in [-0.2, -0.15) is 18.4 Å². The van der Waals surface area contributed by atoms with Crippen LogP contribution in [0.5, 0.6) is 0 Å². The van der Waals surface area contributed by atoms with Crippen molar-refractivity contribution in [3.05, 3.63) is 10.6 Å². The molecule has 0 aliphatic heterocycles. The summed E-state index contributed by atoms with van der Waals surface area (Å²) in [6.07, 6.45) is -4.86. The zero-order valence-electron chi connectivity index (χ0n) is 7.59. The van der Waals surface area contributed by atoms with Crippen LogP contribution in [0.15, 0.2) is 10.6 Å². The number of halogens is 3. The van der Waals surface area contributed by atoms with Gasteiger partial charge in [-0.05, 0) is 18.7 Å². The van der Waals surface area contributed by atoms with E-state index < -0.39 is 22.7 Å². The smallest absolute Gasteiger partial charge is 0.432 e. The molecule has 8 heteroatoms. The second-order valence-electron chi connectivity index (χ2n) is 2.15. The minimum absolute atomic E-state index is 0.0251. The number of alkyl halides is 3. The first-order valence-corrected chi connectivity index (χ1v) is 4.46. The van der Waals surface area contributed by atoms with Crippen LogP contribution >= 0.6 is 11.8 Å². The zero-order valence-corrected chi connectivity index (χ0v) is 8.41. The molecule has 0 saturated carbocycles. The maximum atomic E-state index is 12.1. The Morgan fingerprint density at radius 3 is 2.47 bits per heavy atom. The molecule has 0 atom stereocenters. The van der Waals surface area contributed by atoms with Crippen molar-refractivity contribution in [2.45, 2.75) is 13.1 Å². The Labute approximate surface area is 87.9 Å². The topological polar surface area (TPSA) is 76.1 Å². The molecule has 0 fully saturated rings. The molecule has 15 heavy (non-hydrogen) atoms. The Balaban J connectivity index is 5.12. The average Bonchev–Trinajstić information content (AvgIpc) is 2.12. The first-order chi connectivity index (χ1) is 6.84. The molecule has 0 radical (unpaired) electrons. The van der Waals surface area contributed by atoms with Crippen LogP contribution in [0.4, 0.5) is 13.2 Å². The lowest BCUT2D eigenvalue weighted by Crippen LogP contribution is -2.24. The van der Waals surface area contributed by atoms with Gasteiger partial charge in [0.05, 0.1) is 6.61 Å². The summed E-state index contributed by atoms with van der Waals surface area (Å²) in [4.78, 5) is 10.1. The van der Waals surface area contributed by atoms with E-state index in [1.165, 1.54) is 12.3 Å². The van der Waals surface area contributed by atoms with Gasteiger partial charge < -0.3 is 10.5 Å². The highest BCUT2D eigenvalue weighted by Gasteiger charge is 2.37. The molecule has 0 spiro atoms. The van der Waals surface area contributed by atoms with E-state index in [2.05, 4.69) is 4.74 Å². The highest BCUT2D eigenvalue weighted by Crippen LogP contribution is 2.29. The molecule has 0 amide bonds. The molecule has 0 aliphatic carbocycles. The third-order valence-electron chi connectivity index (χ3n) is 1.16. The summed E-state index contributed by atoms with van der Waals surface area (Å²) >= 11 is 0.0251. The normalized spacial score (nSPS) is 12.7. The van der Waals surface area contributed by atoms with E-state index in [-0.39, 0.29) is 18.4 Å². The second-order valence-corrected chi connectivity index (χ2v) is 2.95. The quantitative estimate of drug-likeness (QED) is 0.459. The van der Waals surface area contributed by atoms with Gasteiger partial charge in [0.2, 0.25) is 0 Å². The Morgan fingerprint density at radius 2 is 2.13 bits per heavy atom. The number of nitrogens with two attached hydrogens (primary N) is 1. The minimum atomic E-state index is -4.86. The van der Waals surface area contributed by atoms with Crippen LogP contribution in [0, 0.1) is 10.7 Å². The fraction of sp³-hybridized carbons (Fsp3) is 0.429. The van der Waals surface area contributed by atoms with Crippen LogP contribution in [0.2, 0.25) is 0 Å². The molecule has 0 aromatic heterocycles. The number of carbonyl (C=O) groups is 1. The van der Waals surface area contributed by atoms with Crippen molar-refractivity contribution in [2.24, 2.45) is 5.73 Å². The van der Waals surface area contributed by atoms with Crippen molar-refractivity contribution < 1.29 is 22.7 Å². The van der Waals surface area contributed by atoms with Crippen molar-refractivity contribution in [1.29, 1.82) is 5.26 Å². The van der Waals surface area contributed by atoms with E-state index in [0.29, 0.717) is 0 Å². The summed E-state index contributed by atoms with van der Waals surface area (Å²) in [7, 11) is 0. The third kappa shape index (κ3) is 4.12. The summed E-state index contributed by atoms with van der Waals surface area (Å²) in [6, 6.07) is 0. The second kappa shape index (κ2) is 5.50. The number of hydrogen-bond acceptors (Lipinski definition) is 5. The van der Waals surface area contributed by atoms with Crippen LogP contribution in [-0.4, -0.2) is 18.8 Å². The highest BCUT2D eigenvalue weighted by atomic mass is 32.2. The molecule has 0 rings (SSSR count). The van der Waals surface area contributed by atoms with E-state index in [1.807, 2.05) is 0 Å². The van der Waals surface area contributed by atoms with Gasteiger partial charge in [-0.25, -0.2) is 4.79 Å². The van der Waals surface area contributed by atoms with Crippen LogP contribution in [0.25, 0.3) is 0 Å². The Kier molecular flexibility index (Phi) is 5.00. The largest absolute Gasteiger partial charge is 0.462 e. The number of hydrogen-bond donors (Lipinski definition) is 1. The minimum Gasteiger partial charge on any atom is -0.462 e. The van der Waals surface area contributed by atoms with Gasteiger partial charge in [0.15, 0.2) is 0 Å². The number of ether oxygens (including phenoxy) is 1. The fourth-order valence-corrected chi connectivity index (χ4v) is 1.04. The number of esters is 1. The number of thioether (sulfide) groups is 1. The monoisotopic (exact) mass is 240 g/mol. The van der Waals surface area contributed by atoms with Crippen LogP contribution in [0.3, 0.4) is 0 Å². The molecule has 0 bridgehead atoms. The Hall–Kier alpha value is -1.36. The zero-order chi connectivity index (χ0) is 12.1. The van der Waals surface area contributed by atoms with Crippen molar-refractivity contribution >= 4 is 17.7 Å². The molecular formula is C7H7F3N2O2S. The Morgan fingerprint density at radius 1 is 1.60 bits per heavy atom. The number of nitriles is 1. The molecule has 84 valence electrons. The van der Waals surface area contributed by atoms with E-state index in [9.17, 15) is 18.0 Å². The number of nitrogens with zero attached hydrogens (tertiary/aromatic N) is 1. The van der Waals surface area contributed by atoms with Gasteiger partial charge in [-0.15, -0.1) is 0 Å². The summed E-state index contributed by atoms with van der Waals surface area (Å²) in [5, 5.41) is 9.55. The number of thiocyanates is 1. The molecule has 0 aliphatic rings. The SMILES string of the molecule is CCOC(=O)/C(SC#N)=C(\N)C(F)(F)F. The predicted molar refractivity (Wildman–Crippen MR) is 47.1 cm³/mol. The molecule has 0 saturated heterocycles. The fourth-order valence-electron chi connectivity index (χ4n) is 0.578. The summed E-state index contributed by atoms with van der Waals surface area (Å²) in [5.41, 5.74) is 3.08. The predicted octanol–water partition coefficient (Wildman–Crippen LogP) is 1.50. The summed E-state index contributed by atoms with van der Waals surface area (Å²) < 4.78 is 40.7. The van der Waals surface area contributed by atoms with E-state index >= 15 is 0 Å². The van der Waals surface area contributed by atoms with Crippen molar-refractivity contribution in [3.63, 3.8) is 0 Å². The summed E-state index contributed by atoms with van der Waals surface area (Å²) in [6.45, 7) is 1.33. The molecule has 0 aromatic carbocycles. The molecule has 0 heterocycles. The lowest BCUT2D eigenvalue weighted by atomic mass is 10.4. The van der Waals surface area contributed by atoms with Crippen molar-refractivity contribution in [2.75, 3.05) is 6.61 Å². The van der Waals surface area contributed by atoms with Crippen LogP contribution < -0.4 is 5.73 Å². The van der Waals surface area contributed by atoms with Crippen molar-refractivity contribution in [3.8, 4) is 5.40 Å². The number of rotatable bonds is 3. The molecule has 4 nitrogen and oxygen atoms in total. The van der Waals surface area contributed by atoms with Gasteiger partial charge in [-0.3, -0.25) is 0 Å². The third-order valence-corrected chi connectivity index (χ3v) is 1.84. The van der Waals surface area contributed by atoms with E-state index in [4.69, 9.17) is 11.0 Å². The Bertz CT molecular complexity index is 319. The average molecular weight is 240 g/mol. The first-order valence-electron chi connectivity index (χ1n) is 3.64. The first kappa shape index (κ1) is 13.6. The standard InChI is InChI=1S/C7H7F3N2O2S/c1-2-14-6(13)4(15-3-11)5(12)7(8,9)10/h2,12H2,1H3/b5-4+. The molecule has 2 N–H and O–H groups in total. The van der Waals surface area contributed by atoms with Gasteiger partial charge >= 0.3 is 12.1 Å². The number of carbonyl (C=O) groups excluding carboxylic acids is 1.